The van der Waals surface area contributed by atoms with Crippen LogP contribution in [0.2, 0.25) is 0 Å². The third-order valence-corrected chi connectivity index (χ3v) is 3.56. The topological polar surface area (TPSA) is 21.3 Å². The molecule has 5 heteroatoms. The van der Waals surface area contributed by atoms with Crippen molar-refractivity contribution in [3.05, 3.63) is 58.6 Å². The monoisotopic (exact) mass is 341 g/mol. The molecule has 0 spiro atoms. The van der Waals surface area contributed by atoms with Gasteiger partial charge in [0.1, 0.15) is 5.75 Å². The van der Waals surface area contributed by atoms with Crippen molar-refractivity contribution in [2.24, 2.45) is 0 Å². The van der Waals surface area contributed by atoms with Crippen LogP contribution in [-0.2, 0) is 0 Å². The summed E-state index contributed by atoms with van der Waals surface area (Å²) in [5.74, 6) is 0.152. The molecule has 0 aliphatic carbocycles. The Kier molecular flexibility index (Phi) is 4.95. The number of halogens is 3. The highest BCUT2D eigenvalue weighted by Gasteiger charge is 2.09. The molecule has 1 atom stereocenters. The van der Waals surface area contributed by atoms with Crippen molar-refractivity contribution in [2.45, 2.75) is 19.6 Å². The lowest BCUT2D eigenvalue weighted by Gasteiger charge is -2.17. The van der Waals surface area contributed by atoms with Crippen molar-refractivity contribution in [1.29, 1.82) is 0 Å². The maximum absolute atomic E-state index is 12.1. The van der Waals surface area contributed by atoms with Crippen LogP contribution in [-0.4, -0.2) is 6.61 Å². The summed E-state index contributed by atoms with van der Waals surface area (Å²) in [5.41, 5.74) is 1.97. The number of hydrogen-bond acceptors (Lipinski definition) is 2. The molecule has 1 unspecified atom stereocenters. The van der Waals surface area contributed by atoms with E-state index in [4.69, 9.17) is 0 Å². The van der Waals surface area contributed by atoms with Gasteiger partial charge in [0.2, 0.25) is 0 Å². The molecule has 2 rings (SSSR count). The molecule has 0 amide bonds. The van der Waals surface area contributed by atoms with Crippen LogP contribution in [0, 0.1) is 0 Å². The molecule has 2 aromatic rings. The molecular formula is C15H14BrF2NO. The van der Waals surface area contributed by atoms with Gasteiger partial charge >= 0.3 is 6.61 Å². The Morgan fingerprint density at radius 1 is 1.05 bits per heavy atom. The molecule has 1 N–H and O–H groups in total. The smallest absolute Gasteiger partial charge is 0.387 e. The van der Waals surface area contributed by atoms with E-state index in [9.17, 15) is 8.78 Å². The fourth-order valence-corrected chi connectivity index (χ4v) is 2.51. The van der Waals surface area contributed by atoms with Crippen LogP contribution >= 0.6 is 15.9 Å². The zero-order valence-electron chi connectivity index (χ0n) is 10.8. The molecule has 2 aromatic carbocycles. The average molecular weight is 342 g/mol. The first kappa shape index (κ1) is 14.8. The van der Waals surface area contributed by atoms with Gasteiger partial charge in [-0.2, -0.15) is 8.78 Å². The number of hydrogen-bond donors (Lipinski definition) is 1. The van der Waals surface area contributed by atoms with Crippen LogP contribution in [0.1, 0.15) is 18.5 Å². The normalized spacial score (nSPS) is 12.2. The van der Waals surface area contributed by atoms with E-state index in [1.807, 2.05) is 31.2 Å². The maximum Gasteiger partial charge on any atom is 0.387 e. The Morgan fingerprint density at radius 3 is 2.30 bits per heavy atom. The van der Waals surface area contributed by atoms with E-state index in [-0.39, 0.29) is 11.8 Å². The van der Waals surface area contributed by atoms with E-state index in [1.54, 1.807) is 12.1 Å². The van der Waals surface area contributed by atoms with E-state index in [2.05, 4.69) is 26.0 Å². The zero-order valence-corrected chi connectivity index (χ0v) is 12.4. The van der Waals surface area contributed by atoms with E-state index in [1.165, 1.54) is 12.1 Å². The first-order valence-electron chi connectivity index (χ1n) is 6.12. The van der Waals surface area contributed by atoms with Crippen LogP contribution in [0.4, 0.5) is 14.5 Å². The SMILES string of the molecule is CC(Nc1ccc(OC(F)F)cc1)c1ccccc1Br. The van der Waals surface area contributed by atoms with E-state index in [0.717, 1.165) is 15.7 Å². The Morgan fingerprint density at radius 2 is 1.70 bits per heavy atom. The second-order valence-electron chi connectivity index (χ2n) is 4.29. The Bertz CT molecular complexity index is 560. The van der Waals surface area contributed by atoms with E-state index >= 15 is 0 Å². The molecule has 0 radical (unpaired) electrons. The molecule has 0 aliphatic heterocycles. The van der Waals surface area contributed by atoms with Crippen molar-refractivity contribution in [1.82, 2.24) is 0 Å². The van der Waals surface area contributed by atoms with Crippen LogP contribution < -0.4 is 10.1 Å². The molecule has 0 saturated carbocycles. The highest BCUT2D eigenvalue weighted by molar-refractivity contribution is 9.10. The Balaban J connectivity index is 2.05. The highest BCUT2D eigenvalue weighted by Crippen LogP contribution is 2.27. The summed E-state index contributed by atoms with van der Waals surface area (Å²) in [6.07, 6.45) is 0. The van der Waals surface area contributed by atoms with Gasteiger partial charge in [-0.3, -0.25) is 0 Å². The van der Waals surface area contributed by atoms with Gasteiger partial charge in [-0.15, -0.1) is 0 Å². The van der Waals surface area contributed by atoms with Gasteiger partial charge in [-0.25, -0.2) is 0 Å². The molecule has 0 heterocycles. The second-order valence-corrected chi connectivity index (χ2v) is 5.14. The number of ether oxygens (including phenoxy) is 1. The lowest BCUT2D eigenvalue weighted by atomic mass is 10.1. The molecule has 0 aliphatic rings. The fraction of sp³-hybridized carbons (Fsp3) is 0.200. The molecule has 0 aromatic heterocycles. The van der Waals surface area contributed by atoms with Crippen LogP contribution in [0.3, 0.4) is 0 Å². The standard InChI is InChI=1S/C15H14BrF2NO/c1-10(13-4-2-3-5-14(13)16)19-11-6-8-12(9-7-11)20-15(17)18/h2-10,15,19H,1H3. The summed E-state index contributed by atoms with van der Waals surface area (Å²) in [6.45, 7) is -0.767. The number of anilines is 1. The first-order valence-corrected chi connectivity index (χ1v) is 6.91. The maximum atomic E-state index is 12.1. The van der Waals surface area contributed by atoms with Crippen molar-refractivity contribution in [2.75, 3.05) is 5.32 Å². The van der Waals surface area contributed by atoms with Crippen LogP contribution in [0.15, 0.2) is 53.0 Å². The summed E-state index contributed by atoms with van der Waals surface area (Å²) in [5, 5.41) is 3.31. The Hall–Kier alpha value is -1.62. The number of nitrogens with one attached hydrogen (secondary N) is 1. The van der Waals surface area contributed by atoms with Gasteiger partial charge in [-0.05, 0) is 42.8 Å². The van der Waals surface area contributed by atoms with Crippen molar-refractivity contribution in [3.8, 4) is 5.75 Å². The van der Waals surface area contributed by atoms with Gasteiger partial charge in [-0.1, -0.05) is 34.1 Å². The zero-order chi connectivity index (χ0) is 14.5. The predicted molar refractivity (Wildman–Crippen MR) is 79.3 cm³/mol. The van der Waals surface area contributed by atoms with Gasteiger partial charge in [0, 0.05) is 16.2 Å². The molecule has 0 bridgehead atoms. The summed E-state index contributed by atoms with van der Waals surface area (Å²) in [6, 6.07) is 14.5. The summed E-state index contributed by atoms with van der Waals surface area (Å²) >= 11 is 3.51. The van der Waals surface area contributed by atoms with Crippen molar-refractivity contribution >= 4 is 21.6 Å². The van der Waals surface area contributed by atoms with Crippen LogP contribution in [0.25, 0.3) is 0 Å². The molecular weight excluding hydrogens is 328 g/mol. The number of benzene rings is 2. The third-order valence-electron chi connectivity index (χ3n) is 2.83. The lowest BCUT2D eigenvalue weighted by Crippen LogP contribution is -2.07. The third kappa shape index (κ3) is 3.93. The summed E-state index contributed by atoms with van der Waals surface area (Å²) in [4.78, 5) is 0. The van der Waals surface area contributed by atoms with Gasteiger partial charge in [0.15, 0.2) is 0 Å². The molecule has 20 heavy (non-hydrogen) atoms. The average Bonchev–Trinajstić information content (AvgIpc) is 2.41. The van der Waals surface area contributed by atoms with Gasteiger partial charge in [0.05, 0.1) is 0 Å². The molecule has 106 valence electrons. The molecule has 0 saturated heterocycles. The van der Waals surface area contributed by atoms with Crippen LogP contribution in [0.5, 0.6) is 5.75 Å². The van der Waals surface area contributed by atoms with Crippen molar-refractivity contribution in [3.63, 3.8) is 0 Å². The predicted octanol–water partition coefficient (Wildman–Crippen LogP) is 5.22. The minimum Gasteiger partial charge on any atom is -0.435 e. The highest BCUT2D eigenvalue weighted by atomic mass is 79.9. The fourth-order valence-electron chi connectivity index (χ4n) is 1.89. The number of alkyl halides is 2. The van der Waals surface area contributed by atoms with Gasteiger partial charge in [0.25, 0.3) is 0 Å². The second kappa shape index (κ2) is 6.70. The van der Waals surface area contributed by atoms with E-state index in [0.29, 0.717) is 0 Å². The Labute approximate surface area is 124 Å². The van der Waals surface area contributed by atoms with Crippen molar-refractivity contribution < 1.29 is 13.5 Å². The molecule has 0 fully saturated rings. The largest absolute Gasteiger partial charge is 0.435 e. The molecule has 2 nitrogen and oxygen atoms in total. The summed E-state index contributed by atoms with van der Waals surface area (Å²) in [7, 11) is 0. The quantitative estimate of drug-likeness (QED) is 0.804. The minimum atomic E-state index is -2.80. The minimum absolute atomic E-state index is 0.0902. The lowest BCUT2D eigenvalue weighted by molar-refractivity contribution is -0.0498. The first-order chi connectivity index (χ1) is 9.56. The van der Waals surface area contributed by atoms with E-state index < -0.39 is 6.61 Å². The van der Waals surface area contributed by atoms with Gasteiger partial charge < -0.3 is 10.1 Å². The number of rotatable bonds is 5. The summed E-state index contributed by atoms with van der Waals surface area (Å²) < 4.78 is 29.4.